The smallest absolute Gasteiger partial charge is 0.459 e. The van der Waals surface area contributed by atoms with Crippen molar-refractivity contribution in [2.45, 2.75) is 89.2 Å². The van der Waals surface area contributed by atoms with Crippen molar-refractivity contribution in [1.82, 2.24) is 0 Å². The summed E-state index contributed by atoms with van der Waals surface area (Å²) < 4.78 is 90.6. The van der Waals surface area contributed by atoms with Gasteiger partial charge in [-0.3, -0.25) is 4.79 Å². The summed E-state index contributed by atoms with van der Waals surface area (Å²) >= 11 is 0. The quantitative estimate of drug-likeness (QED) is 0.213. The lowest BCUT2D eigenvalue weighted by atomic mass is 10.1. The first kappa shape index (κ1) is 24.0. The standard InChI is InChI=1S/C16H25F7O2/c1-2-3-4-5-6-7-8-9-10-11-13(24)25-12-14(17,18)15(19,20)16(21,22)23/h2-12H2,1H3. The second-order valence-electron chi connectivity index (χ2n) is 6.02. The Labute approximate surface area is 143 Å². The molecule has 0 aliphatic heterocycles. The Morgan fingerprint density at radius 1 is 0.760 bits per heavy atom. The lowest BCUT2D eigenvalue weighted by molar-refractivity contribution is -0.359. The predicted molar refractivity (Wildman–Crippen MR) is 78.8 cm³/mol. The third-order valence-corrected chi connectivity index (χ3v) is 3.71. The molecule has 0 aromatic heterocycles. The molecule has 0 unspecified atom stereocenters. The highest BCUT2D eigenvalue weighted by molar-refractivity contribution is 5.69. The molecule has 150 valence electrons. The van der Waals surface area contributed by atoms with E-state index in [1.54, 1.807) is 0 Å². The van der Waals surface area contributed by atoms with Crippen LogP contribution >= 0.6 is 0 Å². The molecular weight excluding hydrogens is 357 g/mol. The molecule has 0 fully saturated rings. The van der Waals surface area contributed by atoms with Crippen LogP contribution < -0.4 is 0 Å². The second-order valence-corrected chi connectivity index (χ2v) is 6.02. The maximum absolute atomic E-state index is 12.9. The Kier molecular flexibility index (Phi) is 10.4. The van der Waals surface area contributed by atoms with E-state index >= 15 is 0 Å². The molecule has 0 aromatic carbocycles. The molecule has 0 atom stereocenters. The number of alkyl halides is 7. The minimum atomic E-state index is -6.42. The Bertz CT molecular complexity index is 381. The van der Waals surface area contributed by atoms with Crippen LogP contribution in [0.15, 0.2) is 0 Å². The van der Waals surface area contributed by atoms with Crippen LogP contribution in [-0.2, 0) is 9.53 Å². The Morgan fingerprint density at radius 2 is 1.20 bits per heavy atom. The van der Waals surface area contributed by atoms with Gasteiger partial charge in [-0.15, -0.1) is 0 Å². The van der Waals surface area contributed by atoms with Gasteiger partial charge in [0.15, 0.2) is 6.61 Å². The maximum Gasteiger partial charge on any atom is 0.460 e. The average Bonchev–Trinajstić information content (AvgIpc) is 2.50. The number of unbranched alkanes of at least 4 members (excludes halogenated alkanes) is 8. The molecule has 0 radical (unpaired) electrons. The molecule has 25 heavy (non-hydrogen) atoms. The lowest BCUT2D eigenvalue weighted by Crippen LogP contribution is -2.54. The zero-order chi connectivity index (χ0) is 19.6. The number of carbonyl (C=O) groups excluding carboxylic acids is 1. The molecular formula is C16H25F7O2. The van der Waals surface area contributed by atoms with E-state index < -0.39 is 30.6 Å². The molecule has 0 aliphatic carbocycles. The number of hydrogen-bond donors (Lipinski definition) is 0. The van der Waals surface area contributed by atoms with Gasteiger partial charge in [0.05, 0.1) is 0 Å². The molecule has 0 aliphatic rings. The van der Waals surface area contributed by atoms with E-state index in [4.69, 9.17) is 0 Å². The average molecular weight is 382 g/mol. The van der Waals surface area contributed by atoms with Gasteiger partial charge in [0, 0.05) is 6.42 Å². The van der Waals surface area contributed by atoms with E-state index in [1.807, 2.05) is 0 Å². The largest absolute Gasteiger partial charge is 0.460 e. The number of esters is 1. The van der Waals surface area contributed by atoms with E-state index in [1.165, 1.54) is 12.8 Å². The number of carbonyl (C=O) groups is 1. The Hall–Kier alpha value is -1.02. The Morgan fingerprint density at radius 3 is 1.64 bits per heavy atom. The number of hydrogen-bond acceptors (Lipinski definition) is 2. The summed E-state index contributed by atoms with van der Waals surface area (Å²) in [5.41, 5.74) is 0. The van der Waals surface area contributed by atoms with Gasteiger partial charge >= 0.3 is 24.0 Å². The highest BCUT2D eigenvalue weighted by Crippen LogP contribution is 2.46. The predicted octanol–water partition coefficient (Wildman–Crippen LogP) is 6.28. The molecule has 0 spiro atoms. The summed E-state index contributed by atoms with van der Waals surface area (Å²) in [6.45, 7) is -0.186. The number of halogens is 7. The van der Waals surface area contributed by atoms with Crippen molar-refractivity contribution in [3.63, 3.8) is 0 Å². The number of rotatable bonds is 13. The summed E-state index contributed by atoms with van der Waals surface area (Å²) in [5, 5.41) is 0. The molecule has 0 saturated carbocycles. The van der Waals surface area contributed by atoms with Gasteiger partial charge in [-0.25, -0.2) is 0 Å². The van der Waals surface area contributed by atoms with Crippen molar-refractivity contribution >= 4 is 5.97 Å². The zero-order valence-corrected chi connectivity index (χ0v) is 14.2. The van der Waals surface area contributed by atoms with Crippen LogP contribution in [0.3, 0.4) is 0 Å². The summed E-state index contributed by atoms with van der Waals surface area (Å²) in [6, 6.07) is 0. The van der Waals surface area contributed by atoms with Crippen molar-refractivity contribution in [2.24, 2.45) is 0 Å². The van der Waals surface area contributed by atoms with Gasteiger partial charge in [-0.1, -0.05) is 58.3 Å². The van der Waals surface area contributed by atoms with Crippen LogP contribution in [0.1, 0.15) is 71.1 Å². The summed E-state index contributed by atoms with van der Waals surface area (Å²) in [5.74, 6) is -13.0. The first-order chi connectivity index (χ1) is 11.5. The molecule has 0 rings (SSSR count). The van der Waals surface area contributed by atoms with Crippen molar-refractivity contribution < 1.29 is 40.3 Å². The first-order valence-electron chi connectivity index (χ1n) is 8.43. The maximum atomic E-state index is 12.9. The lowest BCUT2D eigenvalue weighted by Gasteiger charge is -2.27. The van der Waals surface area contributed by atoms with Crippen molar-refractivity contribution in [3.8, 4) is 0 Å². The zero-order valence-electron chi connectivity index (χ0n) is 14.2. The monoisotopic (exact) mass is 382 g/mol. The minimum Gasteiger partial charge on any atom is -0.459 e. The highest BCUT2D eigenvalue weighted by Gasteiger charge is 2.73. The Balaban J connectivity index is 3.90. The van der Waals surface area contributed by atoms with Gasteiger partial charge in [0.2, 0.25) is 0 Å². The summed E-state index contributed by atoms with van der Waals surface area (Å²) in [7, 11) is 0. The van der Waals surface area contributed by atoms with Crippen molar-refractivity contribution in [1.29, 1.82) is 0 Å². The molecule has 0 amide bonds. The molecule has 0 heterocycles. The van der Waals surface area contributed by atoms with Crippen LogP contribution in [0.25, 0.3) is 0 Å². The van der Waals surface area contributed by atoms with E-state index in [0.29, 0.717) is 12.8 Å². The number of ether oxygens (including phenoxy) is 1. The molecule has 9 heteroatoms. The normalized spacial score (nSPS) is 13.1. The van der Waals surface area contributed by atoms with E-state index in [2.05, 4.69) is 11.7 Å². The van der Waals surface area contributed by atoms with Crippen LogP contribution in [0, 0.1) is 0 Å². The van der Waals surface area contributed by atoms with E-state index in [9.17, 15) is 35.5 Å². The molecule has 0 saturated heterocycles. The summed E-state index contributed by atoms with van der Waals surface area (Å²) in [6.07, 6.45) is 1.73. The highest BCUT2D eigenvalue weighted by atomic mass is 19.4. The molecule has 0 aromatic rings. The van der Waals surface area contributed by atoms with E-state index in [0.717, 1.165) is 32.1 Å². The summed E-state index contributed by atoms with van der Waals surface area (Å²) in [4.78, 5) is 11.2. The fourth-order valence-corrected chi connectivity index (χ4v) is 2.12. The second kappa shape index (κ2) is 10.9. The van der Waals surface area contributed by atoms with Crippen LogP contribution in [0.2, 0.25) is 0 Å². The molecule has 2 nitrogen and oxygen atoms in total. The third-order valence-electron chi connectivity index (χ3n) is 3.71. The van der Waals surface area contributed by atoms with Crippen molar-refractivity contribution in [2.75, 3.05) is 6.61 Å². The molecule has 0 N–H and O–H groups in total. The van der Waals surface area contributed by atoms with Crippen LogP contribution in [-0.4, -0.2) is 30.6 Å². The SMILES string of the molecule is CCCCCCCCCCCC(=O)OCC(F)(F)C(F)(F)C(F)(F)F. The van der Waals surface area contributed by atoms with Gasteiger partial charge in [0.1, 0.15) is 0 Å². The topological polar surface area (TPSA) is 26.3 Å². The van der Waals surface area contributed by atoms with Crippen LogP contribution in [0.5, 0.6) is 0 Å². The molecule has 0 bridgehead atoms. The van der Waals surface area contributed by atoms with Gasteiger partial charge in [-0.2, -0.15) is 30.7 Å². The van der Waals surface area contributed by atoms with Gasteiger partial charge < -0.3 is 4.74 Å². The van der Waals surface area contributed by atoms with Gasteiger partial charge in [-0.05, 0) is 6.42 Å². The van der Waals surface area contributed by atoms with E-state index in [-0.39, 0.29) is 6.42 Å². The fourth-order valence-electron chi connectivity index (χ4n) is 2.12. The fraction of sp³-hybridized carbons (Fsp3) is 0.938. The minimum absolute atomic E-state index is 0.288. The third kappa shape index (κ3) is 8.76. The van der Waals surface area contributed by atoms with Crippen molar-refractivity contribution in [3.05, 3.63) is 0 Å². The first-order valence-corrected chi connectivity index (χ1v) is 8.43. The van der Waals surface area contributed by atoms with Crippen LogP contribution in [0.4, 0.5) is 30.7 Å². The van der Waals surface area contributed by atoms with Gasteiger partial charge in [0.25, 0.3) is 0 Å².